The van der Waals surface area contributed by atoms with E-state index < -0.39 is 0 Å². The molecule has 5 nitrogen and oxygen atoms in total. The van der Waals surface area contributed by atoms with Crippen molar-refractivity contribution in [3.8, 4) is 11.8 Å². The van der Waals surface area contributed by atoms with Crippen molar-refractivity contribution in [2.24, 2.45) is 5.92 Å². The van der Waals surface area contributed by atoms with Gasteiger partial charge in [0.2, 0.25) is 0 Å². The van der Waals surface area contributed by atoms with Gasteiger partial charge in [0.1, 0.15) is 0 Å². The van der Waals surface area contributed by atoms with Gasteiger partial charge in [0.15, 0.2) is 0 Å². The van der Waals surface area contributed by atoms with Crippen LogP contribution in [0.1, 0.15) is 35.7 Å². The second kappa shape index (κ2) is 7.77. The van der Waals surface area contributed by atoms with Gasteiger partial charge in [-0.15, -0.1) is 0 Å². The Morgan fingerprint density at radius 2 is 2.48 bits per heavy atom. The van der Waals surface area contributed by atoms with Crippen LogP contribution in [0.15, 0.2) is 18.5 Å². The molecule has 0 bridgehead atoms. The van der Waals surface area contributed by atoms with Crippen molar-refractivity contribution in [2.45, 2.75) is 25.9 Å². The largest absolute Gasteiger partial charge is 0.395 e. The second-order valence-electron chi connectivity index (χ2n) is 5.03. The lowest BCUT2D eigenvalue weighted by Gasteiger charge is -2.15. The predicted molar refractivity (Wildman–Crippen MR) is 78.7 cm³/mol. The maximum atomic E-state index is 12.3. The van der Waals surface area contributed by atoms with E-state index in [4.69, 9.17) is 9.84 Å². The Morgan fingerprint density at radius 1 is 1.62 bits per heavy atom. The lowest BCUT2D eigenvalue weighted by Crippen LogP contribution is -2.32. The topological polar surface area (TPSA) is 71.5 Å². The van der Waals surface area contributed by atoms with Crippen LogP contribution >= 0.6 is 0 Å². The van der Waals surface area contributed by atoms with Crippen molar-refractivity contribution in [3.05, 3.63) is 29.6 Å². The first-order valence-corrected chi connectivity index (χ1v) is 7.16. The van der Waals surface area contributed by atoms with Gasteiger partial charge in [-0.1, -0.05) is 11.8 Å². The molecule has 1 saturated heterocycles. The molecular weight excluding hydrogens is 268 g/mol. The van der Waals surface area contributed by atoms with Crippen LogP contribution in [0, 0.1) is 17.8 Å². The highest BCUT2D eigenvalue weighted by molar-refractivity contribution is 5.96. The van der Waals surface area contributed by atoms with Gasteiger partial charge in [-0.2, -0.15) is 0 Å². The summed E-state index contributed by atoms with van der Waals surface area (Å²) in [5.41, 5.74) is 1.10. The summed E-state index contributed by atoms with van der Waals surface area (Å²) in [5, 5.41) is 11.7. The SMILES string of the molecule is CC1OCCC1CNC(=O)c1ccncc1C#CCCO. The van der Waals surface area contributed by atoms with Crippen LogP contribution in [0.5, 0.6) is 0 Å². The smallest absolute Gasteiger partial charge is 0.252 e. The molecule has 1 aromatic heterocycles. The molecule has 1 amide bonds. The van der Waals surface area contributed by atoms with E-state index in [9.17, 15) is 4.79 Å². The number of rotatable bonds is 4. The molecule has 0 radical (unpaired) electrons. The standard InChI is InChI=1S/C16H20N2O3/c1-12-13(6-9-21-12)11-18-16(20)15-5-7-17-10-14(15)4-2-3-8-19/h5,7,10,12-13,19H,3,6,8-9,11H2,1H3,(H,18,20). The summed E-state index contributed by atoms with van der Waals surface area (Å²) in [7, 11) is 0. The van der Waals surface area contributed by atoms with Crippen LogP contribution in [0.4, 0.5) is 0 Å². The molecule has 1 aliphatic heterocycles. The molecule has 1 aliphatic rings. The Hall–Kier alpha value is -1.90. The molecule has 5 heteroatoms. The second-order valence-corrected chi connectivity index (χ2v) is 5.03. The molecule has 1 aromatic rings. The van der Waals surface area contributed by atoms with Gasteiger partial charge in [0.05, 0.1) is 23.8 Å². The van der Waals surface area contributed by atoms with E-state index in [-0.39, 0.29) is 18.6 Å². The number of amides is 1. The summed E-state index contributed by atoms with van der Waals surface area (Å²) < 4.78 is 5.49. The summed E-state index contributed by atoms with van der Waals surface area (Å²) in [5.74, 6) is 5.90. The Balaban J connectivity index is 2.00. The number of aliphatic hydroxyl groups excluding tert-OH is 1. The van der Waals surface area contributed by atoms with Crippen molar-refractivity contribution >= 4 is 5.91 Å². The van der Waals surface area contributed by atoms with E-state index in [1.165, 1.54) is 0 Å². The zero-order valence-corrected chi connectivity index (χ0v) is 12.1. The predicted octanol–water partition coefficient (Wildman–Crippen LogP) is 0.970. The fourth-order valence-corrected chi connectivity index (χ4v) is 2.27. The number of nitrogens with one attached hydrogen (secondary N) is 1. The molecule has 0 aliphatic carbocycles. The van der Waals surface area contributed by atoms with Crippen LogP contribution in [0.3, 0.4) is 0 Å². The number of ether oxygens (including phenoxy) is 1. The van der Waals surface area contributed by atoms with Gasteiger partial charge in [-0.25, -0.2) is 0 Å². The van der Waals surface area contributed by atoms with E-state index in [2.05, 4.69) is 22.1 Å². The molecule has 0 saturated carbocycles. The molecule has 2 unspecified atom stereocenters. The first kappa shape index (κ1) is 15.5. The maximum Gasteiger partial charge on any atom is 0.252 e. The number of carbonyl (C=O) groups excluding carboxylic acids is 1. The van der Waals surface area contributed by atoms with Crippen LogP contribution in [-0.2, 0) is 4.74 Å². The molecule has 2 heterocycles. The highest BCUT2D eigenvalue weighted by Gasteiger charge is 2.24. The van der Waals surface area contributed by atoms with Crippen LogP contribution in [0.2, 0.25) is 0 Å². The normalized spacial score (nSPS) is 20.7. The van der Waals surface area contributed by atoms with Gasteiger partial charge < -0.3 is 15.2 Å². The number of aliphatic hydroxyl groups is 1. The van der Waals surface area contributed by atoms with E-state index in [0.717, 1.165) is 13.0 Å². The fraction of sp³-hybridized carbons (Fsp3) is 0.500. The Bertz CT molecular complexity index is 548. The zero-order valence-electron chi connectivity index (χ0n) is 12.1. The Kier molecular flexibility index (Phi) is 5.73. The van der Waals surface area contributed by atoms with Gasteiger partial charge in [0.25, 0.3) is 5.91 Å². The third-order valence-corrected chi connectivity index (χ3v) is 3.58. The summed E-state index contributed by atoms with van der Waals surface area (Å²) in [6.07, 6.45) is 4.69. The Labute approximate surface area is 124 Å². The number of aromatic nitrogens is 1. The average molecular weight is 288 g/mol. The minimum absolute atomic E-state index is 0.00829. The number of nitrogens with zero attached hydrogens (tertiary/aromatic N) is 1. The quantitative estimate of drug-likeness (QED) is 0.810. The van der Waals surface area contributed by atoms with Crippen LogP contribution in [0.25, 0.3) is 0 Å². The zero-order chi connectivity index (χ0) is 15.1. The molecule has 1 fully saturated rings. The third-order valence-electron chi connectivity index (χ3n) is 3.58. The lowest BCUT2D eigenvalue weighted by molar-refractivity contribution is 0.0907. The van der Waals surface area contributed by atoms with Crippen molar-refractivity contribution in [1.82, 2.24) is 10.3 Å². The summed E-state index contributed by atoms with van der Waals surface area (Å²) in [6.45, 7) is 3.40. The number of pyridine rings is 1. The third kappa shape index (κ3) is 4.28. The average Bonchev–Trinajstić information content (AvgIpc) is 2.91. The first-order valence-electron chi connectivity index (χ1n) is 7.16. The molecule has 2 rings (SSSR count). The van der Waals surface area contributed by atoms with Gasteiger partial charge in [-0.3, -0.25) is 9.78 Å². The Morgan fingerprint density at radius 3 is 3.19 bits per heavy atom. The highest BCUT2D eigenvalue weighted by Crippen LogP contribution is 2.19. The first-order chi connectivity index (χ1) is 10.2. The van der Waals surface area contributed by atoms with Crippen molar-refractivity contribution in [1.29, 1.82) is 0 Å². The van der Waals surface area contributed by atoms with Crippen LogP contribution in [-0.4, -0.2) is 41.9 Å². The monoisotopic (exact) mass is 288 g/mol. The van der Waals surface area contributed by atoms with Crippen molar-refractivity contribution < 1.29 is 14.6 Å². The van der Waals surface area contributed by atoms with E-state index in [1.807, 2.05) is 6.92 Å². The minimum Gasteiger partial charge on any atom is -0.395 e. The lowest BCUT2D eigenvalue weighted by atomic mass is 10.0. The molecule has 2 atom stereocenters. The minimum atomic E-state index is -0.148. The summed E-state index contributed by atoms with van der Waals surface area (Å²) in [6, 6.07) is 1.66. The van der Waals surface area contributed by atoms with E-state index in [0.29, 0.717) is 30.0 Å². The van der Waals surface area contributed by atoms with Crippen molar-refractivity contribution in [2.75, 3.05) is 19.8 Å². The van der Waals surface area contributed by atoms with E-state index in [1.54, 1.807) is 18.5 Å². The van der Waals surface area contributed by atoms with Gasteiger partial charge in [-0.05, 0) is 19.4 Å². The van der Waals surface area contributed by atoms with Gasteiger partial charge in [0, 0.05) is 37.9 Å². The molecule has 21 heavy (non-hydrogen) atoms. The molecule has 112 valence electrons. The van der Waals surface area contributed by atoms with Gasteiger partial charge >= 0.3 is 0 Å². The van der Waals surface area contributed by atoms with E-state index >= 15 is 0 Å². The number of hydrogen-bond donors (Lipinski definition) is 2. The molecular formula is C16H20N2O3. The number of hydrogen-bond acceptors (Lipinski definition) is 4. The van der Waals surface area contributed by atoms with Crippen LogP contribution < -0.4 is 5.32 Å². The number of carbonyl (C=O) groups is 1. The maximum absolute atomic E-state index is 12.3. The highest BCUT2D eigenvalue weighted by atomic mass is 16.5. The summed E-state index contributed by atoms with van der Waals surface area (Å²) in [4.78, 5) is 16.3. The molecule has 0 aromatic carbocycles. The molecule has 2 N–H and O–H groups in total. The molecule has 0 spiro atoms. The summed E-state index contributed by atoms with van der Waals surface area (Å²) >= 11 is 0. The van der Waals surface area contributed by atoms with Crippen molar-refractivity contribution in [3.63, 3.8) is 0 Å². The fourth-order valence-electron chi connectivity index (χ4n) is 2.27.